The van der Waals surface area contributed by atoms with Gasteiger partial charge in [-0.15, -0.1) is 0 Å². The predicted molar refractivity (Wildman–Crippen MR) is 188 cm³/mol. The second-order valence-electron chi connectivity index (χ2n) is 12.2. The molecule has 0 fully saturated rings. The number of hydrogen-bond donors (Lipinski definition) is 1. The molecule has 0 radical (unpaired) electrons. The van der Waals surface area contributed by atoms with Crippen LogP contribution in [0.5, 0.6) is 0 Å². The second-order valence-corrected chi connectivity index (χ2v) is 12.2. The molecule has 0 bridgehead atoms. The maximum absolute atomic E-state index is 3.45. The van der Waals surface area contributed by atoms with Crippen LogP contribution in [0.25, 0.3) is 88.3 Å². The number of aromatic nitrogens is 3. The van der Waals surface area contributed by atoms with Crippen molar-refractivity contribution < 1.29 is 0 Å². The summed E-state index contributed by atoms with van der Waals surface area (Å²) in [7, 11) is 0. The van der Waals surface area contributed by atoms with Crippen molar-refractivity contribution in [2.45, 2.75) is 6.54 Å². The van der Waals surface area contributed by atoms with Gasteiger partial charge in [0.2, 0.25) is 0 Å². The zero-order valence-electron chi connectivity index (χ0n) is 24.3. The highest BCUT2D eigenvalue weighted by atomic mass is 15.0. The fraction of sp³-hybridized carbons (Fsp3) is 0.0244. The van der Waals surface area contributed by atoms with Crippen LogP contribution >= 0.6 is 0 Å². The van der Waals surface area contributed by atoms with Gasteiger partial charge in [0.1, 0.15) is 0 Å². The molecule has 0 atom stereocenters. The van der Waals surface area contributed by atoms with Gasteiger partial charge in [-0.1, -0.05) is 72.8 Å². The molecule has 1 N–H and O–H groups in total. The third-order valence-corrected chi connectivity index (χ3v) is 10.0. The van der Waals surface area contributed by atoms with Crippen molar-refractivity contribution in [3.8, 4) is 11.4 Å². The number of rotatable bonds is 2. The summed E-state index contributed by atoms with van der Waals surface area (Å²) >= 11 is 0. The van der Waals surface area contributed by atoms with Crippen LogP contribution in [-0.2, 0) is 6.54 Å². The maximum atomic E-state index is 3.45. The van der Waals surface area contributed by atoms with E-state index in [2.05, 4.69) is 159 Å². The second kappa shape index (κ2) is 8.34. The average molecular weight is 575 g/mol. The van der Waals surface area contributed by atoms with Crippen LogP contribution in [0, 0.1) is 0 Å². The Bertz CT molecular complexity index is 2860. The van der Waals surface area contributed by atoms with Gasteiger partial charge in [-0.3, -0.25) is 0 Å². The van der Waals surface area contributed by atoms with Crippen molar-refractivity contribution in [2.75, 3.05) is 0 Å². The van der Waals surface area contributed by atoms with E-state index in [9.17, 15) is 0 Å². The Hall–Kier alpha value is -6.00. The standard InChI is InChI=1S/C41H26N4/c1-2-10-25(11-3-1)43-37-19-18-26(22-31(37)29-20-21-42-24-38(29)43)44-34-15-7-4-12-27(34)32-23-33-28-13-5-8-16-35(28)45-36-17-9-6-14-30(36)39(40(32)44)41(33)45/h1-23,42H,24H2. The van der Waals surface area contributed by atoms with E-state index >= 15 is 0 Å². The van der Waals surface area contributed by atoms with E-state index < -0.39 is 0 Å². The number of fused-ring (bicyclic) bond motifs is 13. The van der Waals surface area contributed by atoms with Gasteiger partial charge in [-0.05, 0) is 66.9 Å². The molecule has 1 aliphatic heterocycles. The highest BCUT2D eigenvalue weighted by molar-refractivity contribution is 6.34. The molecule has 1 aliphatic rings. The van der Waals surface area contributed by atoms with Gasteiger partial charge >= 0.3 is 0 Å². The van der Waals surface area contributed by atoms with E-state index in [1.54, 1.807) is 0 Å². The molecule has 4 aromatic heterocycles. The van der Waals surface area contributed by atoms with Gasteiger partial charge in [-0.2, -0.15) is 0 Å². The molecular weight excluding hydrogens is 548 g/mol. The molecule has 210 valence electrons. The quantitative estimate of drug-likeness (QED) is 0.218. The highest BCUT2D eigenvalue weighted by Gasteiger charge is 2.25. The fourth-order valence-electron chi connectivity index (χ4n) is 8.25. The van der Waals surface area contributed by atoms with E-state index in [1.807, 2.05) is 0 Å². The Morgan fingerprint density at radius 1 is 0.467 bits per heavy atom. The van der Waals surface area contributed by atoms with Gasteiger partial charge < -0.3 is 18.9 Å². The Kier molecular flexibility index (Phi) is 4.34. The number of hydrogen-bond acceptors (Lipinski definition) is 1. The molecule has 0 unspecified atom stereocenters. The van der Waals surface area contributed by atoms with E-state index in [1.165, 1.54) is 93.4 Å². The molecule has 45 heavy (non-hydrogen) atoms. The summed E-state index contributed by atoms with van der Waals surface area (Å²) in [5.41, 5.74) is 12.5. The first-order chi connectivity index (χ1) is 22.4. The minimum absolute atomic E-state index is 0.795. The summed E-state index contributed by atoms with van der Waals surface area (Å²) in [6, 6.07) is 46.8. The molecule has 0 aliphatic carbocycles. The van der Waals surface area contributed by atoms with Crippen molar-refractivity contribution in [3.05, 3.63) is 145 Å². The minimum Gasteiger partial charge on any atom is -0.385 e. The van der Waals surface area contributed by atoms with Gasteiger partial charge in [0.05, 0.1) is 45.3 Å². The molecule has 11 rings (SSSR count). The van der Waals surface area contributed by atoms with Gasteiger partial charge in [0, 0.05) is 54.6 Å². The fourth-order valence-corrected chi connectivity index (χ4v) is 8.25. The molecule has 5 heterocycles. The van der Waals surface area contributed by atoms with Crippen molar-refractivity contribution in [1.82, 2.24) is 18.9 Å². The lowest BCUT2D eigenvalue weighted by molar-refractivity contribution is 0.803. The number of benzene rings is 6. The van der Waals surface area contributed by atoms with E-state index in [4.69, 9.17) is 0 Å². The lowest BCUT2D eigenvalue weighted by atomic mass is 10.0. The van der Waals surface area contributed by atoms with Crippen molar-refractivity contribution in [2.24, 2.45) is 0 Å². The first kappa shape index (κ1) is 23.5. The average Bonchev–Trinajstić information content (AvgIpc) is 3.82. The minimum atomic E-state index is 0.795. The third-order valence-electron chi connectivity index (χ3n) is 10.0. The largest absolute Gasteiger partial charge is 0.385 e. The van der Waals surface area contributed by atoms with Crippen molar-refractivity contribution in [1.29, 1.82) is 0 Å². The Morgan fingerprint density at radius 3 is 1.93 bits per heavy atom. The van der Waals surface area contributed by atoms with Crippen LogP contribution in [0.15, 0.2) is 134 Å². The molecule has 4 nitrogen and oxygen atoms in total. The molecule has 4 heteroatoms. The first-order valence-corrected chi connectivity index (χ1v) is 15.6. The number of nitrogens with zero attached hydrogens (tertiary/aromatic N) is 3. The van der Waals surface area contributed by atoms with Gasteiger partial charge in [-0.25, -0.2) is 0 Å². The summed E-state index contributed by atoms with van der Waals surface area (Å²) in [5, 5.41) is 12.5. The Labute approximate surface area is 258 Å². The zero-order chi connectivity index (χ0) is 29.2. The van der Waals surface area contributed by atoms with Crippen LogP contribution in [0.1, 0.15) is 11.3 Å². The van der Waals surface area contributed by atoms with Crippen LogP contribution in [0.2, 0.25) is 0 Å². The lowest BCUT2D eigenvalue weighted by Crippen LogP contribution is -2.13. The lowest BCUT2D eigenvalue weighted by Gasteiger charge is -2.14. The van der Waals surface area contributed by atoms with Crippen LogP contribution in [-0.4, -0.2) is 13.5 Å². The maximum Gasteiger partial charge on any atom is 0.0642 e. The monoisotopic (exact) mass is 574 g/mol. The summed E-state index contributed by atoms with van der Waals surface area (Å²) < 4.78 is 7.41. The highest BCUT2D eigenvalue weighted by Crippen LogP contribution is 2.46. The topological polar surface area (TPSA) is 26.3 Å². The van der Waals surface area contributed by atoms with Crippen molar-refractivity contribution in [3.63, 3.8) is 0 Å². The SMILES string of the molecule is C1=Cc2c(n(-c3ccccc3)c3ccc(-n4c5ccccc5c5cc6c7ccccc7n7c8ccccc8c(c54)c67)cc23)CN1. The van der Waals surface area contributed by atoms with Crippen LogP contribution in [0.4, 0.5) is 0 Å². The number of para-hydroxylation sites is 4. The molecule has 0 spiro atoms. The normalized spacial score (nSPS) is 13.3. The van der Waals surface area contributed by atoms with E-state index in [0.717, 1.165) is 6.54 Å². The molecule has 6 aromatic carbocycles. The molecule has 0 saturated carbocycles. The molecule has 10 aromatic rings. The zero-order valence-corrected chi connectivity index (χ0v) is 24.3. The van der Waals surface area contributed by atoms with Crippen molar-refractivity contribution >= 4 is 76.9 Å². The molecule has 0 amide bonds. The smallest absolute Gasteiger partial charge is 0.0642 e. The van der Waals surface area contributed by atoms with Gasteiger partial charge in [0.15, 0.2) is 0 Å². The number of nitrogens with one attached hydrogen (secondary N) is 1. The molecule has 0 saturated heterocycles. The van der Waals surface area contributed by atoms with Crippen LogP contribution < -0.4 is 5.32 Å². The first-order valence-electron chi connectivity index (χ1n) is 15.6. The summed E-state index contributed by atoms with van der Waals surface area (Å²) in [6.45, 7) is 0.795. The third kappa shape index (κ3) is 2.87. The Balaban J connectivity index is 1.33. The summed E-state index contributed by atoms with van der Waals surface area (Å²) in [4.78, 5) is 0. The summed E-state index contributed by atoms with van der Waals surface area (Å²) in [5.74, 6) is 0. The van der Waals surface area contributed by atoms with E-state index in [-0.39, 0.29) is 0 Å². The molecular formula is C41H26N4. The van der Waals surface area contributed by atoms with Crippen LogP contribution in [0.3, 0.4) is 0 Å². The predicted octanol–water partition coefficient (Wildman–Crippen LogP) is 9.95. The van der Waals surface area contributed by atoms with E-state index in [0.29, 0.717) is 0 Å². The Morgan fingerprint density at radius 2 is 1.11 bits per heavy atom. The van der Waals surface area contributed by atoms with Gasteiger partial charge in [0.25, 0.3) is 0 Å². The summed E-state index contributed by atoms with van der Waals surface area (Å²) in [6.07, 6.45) is 4.31.